The molecular weight excluding hydrogens is 326 g/mol. The van der Waals surface area contributed by atoms with Gasteiger partial charge in [-0.15, -0.1) is 0 Å². The first-order valence-electron chi connectivity index (χ1n) is 6.55. The van der Waals surface area contributed by atoms with E-state index in [1.54, 1.807) is 22.9 Å². The third-order valence-corrected chi connectivity index (χ3v) is 3.83. The van der Waals surface area contributed by atoms with Gasteiger partial charge in [-0.3, -0.25) is 4.79 Å². The zero-order chi connectivity index (χ0) is 16.5. The average molecular weight is 342 g/mol. The highest BCUT2D eigenvalue weighted by molar-refractivity contribution is 7.89. The second kappa shape index (κ2) is 6.10. The van der Waals surface area contributed by atoms with Gasteiger partial charge in [-0.25, -0.2) is 17.8 Å². The van der Waals surface area contributed by atoms with E-state index in [1.165, 1.54) is 6.20 Å². The molecule has 1 aromatic heterocycles. The van der Waals surface area contributed by atoms with E-state index in [2.05, 4.69) is 5.10 Å². The van der Waals surface area contributed by atoms with E-state index in [9.17, 15) is 13.2 Å². The van der Waals surface area contributed by atoms with Crippen molar-refractivity contribution in [2.75, 3.05) is 6.26 Å². The fourth-order valence-corrected chi connectivity index (χ4v) is 2.79. The summed E-state index contributed by atoms with van der Waals surface area (Å²) in [6.45, 7) is 3.78. The van der Waals surface area contributed by atoms with Crippen molar-refractivity contribution in [3.8, 4) is 5.69 Å². The van der Waals surface area contributed by atoms with Crippen LogP contribution in [0.15, 0.2) is 30.5 Å². The number of nitrogens with zero attached hydrogens (tertiary/aromatic N) is 2. The van der Waals surface area contributed by atoms with Crippen LogP contribution in [0, 0.1) is 0 Å². The number of benzene rings is 1. The molecule has 1 aromatic carbocycles. The molecule has 1 N–H and O–H groups in total. The summed E-state index contributed by atoms with van der Waals surface area (Å²) >= 11 is 6.17. The van der Waals surface area contributed by atoms with Gasteiger partial charge in [-0.1, -0.05) is 37.6 Å². The number of carbonyl (C=O) groups excluding carboxylic acids is 1. The number of sulfonamides is 1. The van der Waals surface area contributed by atoms with Crippen LogP contribution >= 0.6 is 11.6 Å². The maximum absolute atomic E-state index is 12.1. The molecule has 118 valence electrons. The molecule has 0 aliphatic carbocycles. The van der Waals surface area contributed by atoms with Crippen LogP contribution in [0.25, 0.3) is 5.69 Å². The van der Waals surface area contributed by atoms with Gasteiger partial charge in [0, 0.05) is 0 Å². The molecule has 6 nitrogen and oxygen atoms in total. The van der Waals surface area contributed by atoms with Gasteiger partial charge in [0.25, 0.3) is 5.91 Å². The van der Waals surface area contributed by atoms with Crippen LogP contribution < -0.4 is 4.72 Å². The van der Waals surface area contributed by atoms with Gasteiger partial charge in [0.05, 0.1) is 34.4 Å². The SMILES string of the molecule is CC(C)c1c(C(=O)NS(C)(=O)=O)cnn1-c1ccccc1Cl. The van der Waals surface area contributed by atoms with Gasteiger partial charge in [-0.05, 0) is 18.1 Å². The van der Waals surface area contributed by atoms with Crippen LogP contribution in [-0.4, -0.2) is 30.4 Å². The second-order valence-electron chi connectivity index (χ2n) is 5.16. The van der Waals surface area contributed by atoms with Crippen LogP contribution in [-0.2, 0) is 10.0 Å². The van der Waals surface area contributed by atoms with Crippen molar-refractivity contribution in [2.45, 2.75) is 19.8 Å². The molecule has 22 heavy (non-hydrogen) atoms. The van der Waals surface area contributed by atoms with Crippen LogP contribution in [0.4, 0.5) is 0 Å². The molecule has 0 atom stereocenters. The first-order valence-corrected chi connectivity index (χ1v) is 8.82. The number of amides is 1. The lowest BCUT2D eigenvalue weighted by Crippen LogP contribution is -2.30. The molecule has 0 unspecified atom stereocenters. The van der Waals surface area contributed by atoms with E-state index in [0.717, 1.165) is 6.26 Å². The lowest BCUT2D eigenvalue weighted by Gasteiger charge is -2.13. The summed E-state index contributed by atoms with van der Waals surface area (Å²) in [5.74, 6) is -0.761. The van der Waals surface area contributed by atoms with E-state index >= 15 is 0 Å². The number of carbonyl (C=O) groups is 1. The number of rotatable bonds is 4. The maximum Gasteiger partial charge on any atom is 0.268 e. The number of hydrogen-bond donors (Lipinski definition) is 1. The number of aromatic nitrogens is 2. The molecule has 0 spiro atoms. The molecular formula is C14H16ClN3O3S. The van der Waals surface area contributed by atoms with Gasteiger partial charge in [0.1, 0.15) is 0 Å². The summed E-state index contributed by atoms with van der Waals surface area (Å²) in [4.78, 5) is 12.1. The van der Waals surface area contributed by atoms with Crippen LogP contribution in [0.3, 0.4) is 0 Å². The molecule has 0 radical (unpaired) electrons. The molecule has 0 fully saturated rings. The molecule has 1 amide bonds. The Morgan fingerprint density at radius 3 is 2.50 bits per heavy atom. The molecule has 0 bridgehead atoms. The highest BCUT2D eigenvalue weighted by Gasteiger charge is 2.23. The van der Waals surface area contributed by atoms with E-state index in [1.807, 2.05) is 24.6 Å². The highest BCUT2D eigenvalue weighted by Crippen LogP contribution is 2.27. The van der Waals surface area contributed by atoms with Gasteiger partial charge in [0.2, 0.25) is 10.0 Å². The largest absolute Gasteiger partial charge is 0.268 e. The van der Waals surface area contributed by atoms with Crippen molar-refractivity contribution >= 4 is 27.5 Å². The number of nitrogens with one attached hydrogen (secondary N) is 1. The topological polar surface area (TPSA) is 81.1 Å². The van der Waals surface area contributed by atoms with Gasteiger partial charge in [0.15, 0.2) is 0 Å². The molecule has 2 aromatic rings. The summed E-state index contributed by atoms with van der Waals surface area (Å²) in [5, 5.41) is 4.68. The third kappa shape index (κ3) is 3.48. The van der Waals surface area contributed by atoms with Crippen LogP contribution in [0.2, 0.25) is 5.02 Å². The lowest BCUT2D eigenvalue weighted by molar-refractivity contribution is 0.0980. The van der Waals surface area contributed by atoms with Crippen LogP contribution in [0.5, 0.6) is 0 Å². The number of halogens is 1. The summed E-state index contributed by atoms with van der Waals surface area (Å²) in [6, 6.07) is 7.10. The normalized spacial score (nSPS) is 11.7. The second-order valence-corrected chi connectivity index (χ2v) is 7.32. The molecule has 0 aliphatic rings. The summed E-state index contributed by atoms with van der Waals surface area (Å²) < 4.78 is 26.0. The Balaban J connectivity index is 2.56. The monoisotopic (exact) mass is 341 g/mol. The predicted octanol–water partition coefficient (Wildman–Crippen LogP) is 2.34. The Labute approximate surface area is 134 Å². The molecule has 0 saturated carbocycles. The molecule has 0 aliphatic heterocycles. The van der Waals surface area contributed by atoms with Gasteiger partial charge < -0.3 is 0 Å². The lowest BCUT2D eigenvalue weighted by atomic mass is 10.1. The first kappa shape index (κ1) is 16.5. The van der Waals surface area contributed by atoms with Crippen molar-refractivity contribution in [1.29, 1.82) is 0 Å². The minimum atomic E-state index is -3.64. The zero-order valence-corrected chi connectivity index (χ0v) is 13.9. The minimum absolute atomic E-state index is 0.0564. The molecule has 1 heterocycles. The Morgan fingerprint density at radius 2 is 1.95 bits per heavy atom. The van der Waals surface area contributed by atoms with E-state index in [-0.39, 0.29) is 11.5 Å². The number of hydrogen-bond acceptors (Lipinski definition) is 4. The Morgan fingerprint density at radius 1 is 1.32 bits per heavy atom. The van der Waals surface area contributed by atoms with Gasteiger partial charge >= 0.3 is 0 Å². The molecule has 0 saturated heterocycles. The standard InChI is InChI=1S/C14H16ClN3O3S/c1-9(2)13-10(14(19)17-22(3,20)21)8-16-18(13)12-7-5-4-6-11(12)15/h4-9H,1-3H3,(H,17,19). The smallest absolute Gasteiger partial charge is 0.268 e. The quantitative estimate of drug-likeness (QED) is 0.925. The highest BCUT2D eigenvalue weighted by atomic mass is 35.5. The Hall–Kier alpha value is -1.86. The average Bonchev–Trinajstić information content (AvgIpc) is 2.82. The zero-order valence-electron chi connectivity index (χ0n) is 12.4. The number of para-hydroxylation sites is 1. The predicted molar refractivity (Wildman–Crippen MR) is 85.0 cm³/mol. The fraction of sp³-hybridized carbons (Fsp3) is 0.286. The summed E-state index contributed by atoms with van der Waals surface area (Å²) in [5.41, 5.74) is 1.43. The van der Waals surface area contributed by atoms with Crippen LogP contribution in [0.1, 0.15) is 35.8 Å². The minimum Gasteiger partial charge on any atom is -0.268 e. The van der Waals surface area contributed by atoms with E-state index < -0.39 is 15.9 Å². The van der Waals surface area contributed by atoms with Crippen molar-refractivity contribution in [2.24, 2.45) is 0 Å². The Bertz CT molecular complexity index is 812. The van der Waals surface area contributed by atoms with Gasteiger partial charge in [-0.2, -0.15) is 5.10 Å². The first-order chi connectivity index (χ1) is 10.2. The summed E-state index contributed by atoms with van der Waals surface area (Å²) in [6.07, 6.45) is 2.28. The molecule has 8 heteroatoms. The van der Waals surface area contributed by atoms with Crippen molar-refractivity contribution in [3.05, 3.63) is 46.7 Å². The molecule has 2 rings (SSSR count). The van der Waals surface area contributed by atoms with E-state index in [0.29, 0.717) is 16.4 Å². The Kier molecular flexibility index (Phi) is 4.58. The third-order valence-electron chi connectivity index (χ3n) is 2.96. The summed E-state index contributed by atoms with van der Waals surface area (Å²) in [7, 11) is -3.64. The van der Waals surface area contributed by atoms with Crippen molar-refractivity contribution < 1.29 is 13.2 Å². The van der Waals surface area contributed by atoms with E-state index in [4.69, 9.17) is 11.6 Å². The van der Waals surface area contributed by atoms with Crippen molar-refractivity contribution in [1.82, 2.24) is 14.5 Å². The van der Waals surface area contributed by atoms with Crippen molar-refractivity contribution in [3.63, 3.8) is 0 Å². The maximum atomic E-state index is 12.1. The fourth-order valence-electron chi connectivity index (χ4n) is 2.13.